The van der Waals surface area contributed by atoms with Crippen LogP contribution in [0.15, 0.2) is 4.99 Å². The van der Waals surface area contributed by atoms with Gasteiger partial charge in [-0.15, -0.1) is 11.3 Å². The Morgan fingerprint density at radius 2 is 1.83 bits per heavy atom. The average molecular weight is 353 g/mol. The van der Waals surface area contributed by atoms with E-state index in [9.17, 15) is 4.79 Å². The van der Waals surface area contributed by atoms with E-state index in [1.807, 2.05) is 39.5 Å². The molecule has 1 fully saturated rings. The van der Waals surface area contributed by atoms with Gasteiger partial charge in [0, 0.05) is 31.1 Å². The van der Waals surface area contributed by atoms with Crippen molar-refractivity contribution in [1.29, 1.82) is 0 Å². The Balaban J connectivity index is 1.86. The van der Waals surface area contributed by atoms with E-state index in [0.717, 1.165) is 10.7 Å². The number of hydrogen-bond donors (Lipinski definition) is 1. The molecule has 0 saturated carbocycles. The Labute approximate surface area is 147 Å². The van der Waals surface area contributed by atoms with Gasteiger partial charge in [0.05, 0.1) is 17.2 Å². The minimum Gasteiger partial charge on any atom is -0.444 e. The highest BCUT2D eigenvalue weighted by Gasteiger charge is 2.26. The topological polar surface area (TPSA) is 84.0 Å². The summed E-state index contributed by atoms with van der Waals surface area (Å²) in [5, 5.41) is 1.04. The minimum absolute atomic E-state index is 0.272. The molecule has 2 heterocycles. The van der Waals surface area contributed by atoms with Crippen molar-refractivity contribution in [2.75, 3.05) is 26.2 Å². The largest absolute Gasteiger partial charge is 0.444 e. The highest BCUT2D eigenvalue weighted by atomic mass is 32.1. The lowest BCUT2D eigenvalue weighted by Crippen LogP contribution is -2.53. The summed E-state index contributed by atoms with van der Waals surface area (Å²) >= 11 is 1.67. The summed E-state index contributed by atoms with van der Waals surface area (Å²) in [5.74, 6) is 0.504. The number of piperazine rings is 1. The lowest BCUT2D eigenvalue weighted by molar-refractivity contribution is 0.0186. The predicted molar refractivity (Wildman–Crippen MR) is 96.3 cm³/mol. The van der Waals surface area contributed by atoms with Gasteiger partial charge in [-0.05, 0) is 34.6 Å². The van der Waals surface area contributed by atoms with Gasteiger partial charge in [0.1, 0.15) is 5.60 Å². The maximum atomic E-state index is 12.1. The average Bonchev–Trinajstić information content (AvgIpc) is 2.81. The smallest absolute Gasteiger partial charge is 0.410 e. The van der Waals surface area contributed by atoms with Crippen LogP contribution < -0.4 is 5.73 Å². The maximum Gasteiger partial charge on any atom is 0.410 e. The zero-order chi connectivity index (χ0) is 17.9. The number of hydrogen-bond acceptors (Lipinski definition) is 5. The number of aryl methyl sites for hydroxylation is 2. The fourth-order valence-electron chi connectivity index (χ4n) is 2.42. The third-order valence-corrected chi connectivity index (χ3v) is 4.57. The Bertz CT molecular complexity index is 612. The molecule has 2 N–H and O–H groups in total. The molecule has 24 heavy (non-hydrogen) atoms. The normalized spacial score (nSPS) is 16.5. The Morgan fingerprint density at radius 1 is 1.25 bits per heavy atom. The number of rotatable bonds is 2. The molecular formula is C16H27N5O2S. The first-order chi connectivity index (χ1) is 11.2. The molecule has 0 unspecified atom stereocenters. The van der Waals surface area contributed by atoms with E-state index in [1.165, 1.54) is 4.88 Å². The fraction of sp³-hybridized carbons (Fsp3) is 0.688. The molecule has 1 aromatic heterocycles. The molecule has 0 radical (unpaired) electrons. The zero-order valence-corrected chi connectivity index (χ0v) is 15.9. The molecule has 0 spiro atoms. The van der Waals surface area contributed by atoms with Crippen molar-refractivity contribution in [3.05, 3.63) is 15.6 Å². The molecule has 7 nitrogen and oxygen atoms in total. The molecule has 0 aromatic carbocycles. The molecule has 1 amide bonds. The SMILES string of the molecule is Cc1nc(CN=C(N)N2CCN(C(=O)OC(C)(C)C)CC2)c(C)s1. The highest BCUT2D eigenvalue weighted by Crippen LogP contribution is 2.17. The number of aliphatic imine (C=N–C) groups is 1. The van der Waals surface area contributed by atoms with Gasteiger partial charge >= 0.3 is 6.09 Å². The van der Waals surface area contributed by atoms with Gasteiger partial charge < -0.3 is 20.3 Å². The molecule has 8 heteroatoms. The van der Waals surface area contributed by atoms with Crippen LogP contribution in [-0.2, 0) is 11.3 Å². The van der Waals surface area contributed by atoms with E-state index in [0.29, 0.717) is 38.7 Å². The van der Waals surface area contributed by atoms with E-state index in [4.69, 9.17) is 10.5 Å². The van der Waals surface area contributed by atoms with Crippen molar-refractivity contribution in [1.82, 2.24) is 14.8 Å². The number of amides is 1. The van der Waals surface area contributed by atoms with E-state index in [-0.39, 0.29) is 6.09 Å². The standard InChI is InChI=1S/C16H27N5O2S/c1-11-13(19-12(2)24-11)10-18-14(17)20-6-8-21(9-7-20)15(22)23-16(3,4)5/h6-10H2,1-5H3,(H2,17,18). The van der Waals surface area contributed by atoms with Gasteiger partial charge in [-0.3, -0.25) is 0 Å². The monoisotopic (exact) mass is 353 g/mol. The summed E-state index contributed by atoms with van der Waals surface area (Å²) < 4.78 is 5.39. The fourth-order valence-corrected chi connectivity index (χ4v) is 3.25. The van der Waals surface area contributed by atoms with Gasteiger partial charge in [-0.25, -0.2) is 14.8 Å². The maximum absolute atomic E-state index is 12.1. The minimum atomic E-state index is -0.474. The van der Waals surface area contributed by atoms with Gasteiger partial charge in [-0.1, -0.05) is 0 Å². The quantitative estimate of drug-likeness (QED) is 0.650. The van der Waals surface area contributed by atoms with Crippen molar-refractivity contribution in [3.8, 4) is 0 Å². The second-order valence-electron chi connectivity index (χ2n) is 6.86. The van der Waals surface area contributed by atoms with Crippen molar-refractivity contribution in [2.45, 2.75) is 46.8 Å². The molecule has 1 aliphatic heterocycles. The van der Waals surface area contributed by atoms with Crippen molar-refractivity contribution in [3.63, 3.8) is 0 Å². The van der Waals surface area contributed by atoms with Crippen molar-refractivity contribution in [2.24, 2.45) is 10.7 Å². The second kappa shape index (κ2) is 7.38. The van der Waals surface area contributed by atoms with Crippen LogP contribution in [-0.4, -0.2) is 58.6 Å². The summed E-state index contributed by atoms with van der Waals surface area (Å²) in [7, 11) is 0. The third-order valence-electron chi connectivity index (χ3n) is 3.65. The van der Waals surface area contributed by atoms with E-state index < -0.39 is 5.60 Å². The van der Waals surface area contributed by atoms with Crippen LogP contribution in [0.2, 0.25) is 0 Å². The van der Waals surface area contributed by atoms with E-state index >= 15 is 0 Å². The molecule has 1 aliphatic rings. The summed E-state index contributed by atoms with van der Waals surface area (Å²) in [6.45, 7) is 12.6. The van der Waals surface area contributed by atoms with E-state index in [2.05, 4.69) is 9.98 Å². The Morgan fingerprint density at radius 3 is 2.33 bits per heavy atom. The van der Waals surface area contributed by atoms with Gasteiger partial charge in [0.25, 0.3) is 0 Å². The number of nitrogens with zero attached hydrogens (tertiary/aromatic N) is 4. The highest BCUT2D eigenvalue weighted by molar-refractivity contribution is 7.11. The lowest BCUT2D eigenvalue weighted by atomic mass is 10.2. The molecule has 1 aromatic rings. The Hall–Kier alpha value is -1.83. The first kappa shape index (κ1) is 18.5. The van der Waals surface area contributed by atoms with Crippen LogP contribution in [0.5, 0.6) is 0 Å². The number of nitrogens with two attached hydrogens (primary N) is 1. The molecular weight excluding hydrogens is 326 g/mol. The van der Waals surface area contributed by atoms with Crippen LogP contribution in [0.1, 0.15) is 36.3 Å². The van der Waals surface area contributed by atoms with Crippen LogP contribution in [0.3, 0.4) is 0 Å². The number of ether oxygens (including phenoxy) is 1. The van der Waals surface area contributed by atoms with Crippen LogP contribution >= 0.6 is 11.3 Å². The summed E-state index contributed by atoms with van der Waals surface area (Å²) in [4.78, 5) is 25.9. The zero-order valence-electron chi connectivity index (χ0n) is 15.1. The second-order valence-corrected chi connectivity index (χ2v) is 8.27. The molecule has 134 valence electrons. The van der Waals surface area contributed by atoms with Crippen molar-refractivity contribution < 1.29 is 9.53 Å². The van der Waals surface area contributed by atoms with Crippen LogP contribution in [0.25, 0.3) is 0 Å². The molecule has 0 bridgehead atoms. The summed E-state index contributed by atoms with van der Waals surface area (Å²) in [6.07, 6.45) is -0.272. The number of aromatic nitrogens is 1. The molecule has 0 atom stereocenters. The molecule has 0 aliphatic carbocycles. The number of carbonyl (C=O) groups is 1. The molecule has 2 rings (SSSR count). The lowest BCUT2D eigenvalue weighted by Gasteiger charge is -2.36. The predicted octanol–water partition coefficient (Wildman–Crippen LogP) is 2.13. The summed E-state index contributed by atoms with van der Waals surface area (Å²) in [6, 6.07) is 0. The van der Waals surface area contributed by atoms with Gasteiger partial charge in [-0.2, -0.15) is 0 Å². The Kier molecular flexibility index (Phi) is 5.69. The number of guanidine groups is 1. The number of carbonyl (C=O) groups excluding carboxylic acids is 1. The first-order valence-electron chi connectivity index (χ1n) is 8.11. The number of thiazole rings is 1. The third kappa shape index (κ3) is 5.09. The van der Waals surface area contributed by atoms with E-state index in [1.54, 1.807) is 16.2 Å². The van der Waals surface area contributed by atoms with Crippen LogP contribution in [0.4, 0.5) is 4.79 Å². The van der Waals surface area contributed by atoms with Gasteiger partial charge in [0.2, 0.25) is 0 Å². The first-order valence-corrected chi connectivity index (χ1v) is 8.93. The molecule has 1 saturated heterocycles. The summed E-state index contributed by atoms with van der Waals surface area (Å²) in [5.41, 5.74) is 6.60. The van der Waals surface area contributed by atoms with Crippen molar-refractivity contribution >= 4 is 23.4 Å². The van der Waals surface area contributed by atoms with Crippen LogP contribution in [0, 0.1) is 13.8 Å². The van der Waals surface area contributed by atoms with Gasteiger partial charge in [0.15, 0.2) is 5.96 Å².